The number of benzene rings is 1. The van der Waals surface area contributed by atoms with E-state index in [0.717, 1.165) is 11.3 Å². The minimum absolute atomic E-state index is 0.240. The van der Waals surface area contributed by atoms with Gasteiger partial charge in [0.15, 0.2) is 0 Å². The van der Waals surface area contributed by atoms with Crippen LogP contribution in [0.1, 0.15) is 0 Å². The van der Waals surface area contributed by atoms with Gasteiger partial charge >= 0.3 is 0 Å². The van der Waals surface area contributed by atoms with E-state index in [-0.39, 0.29) is 5.75 Å². The van der Waals surface area contributed by atoms with Gasteiger partial charge in [0, 0.05) is 24.8 Å². The smallest absolute Gasteiger partial charge is 0.223 e. The summed E-state index contributed by atoms with van der Waals surface area (Å²) in [6.07, 6.45) is 1.69. The molecule has 0 fully saturated rings. The van der Waals surface area contributed by atoms with Crippen molar-refractivity contribution in [1.82, 2.24) is 9.97 Å². The Morgan fingerprint density at radius 1 is 1.18 bits per heavy atom. The number of aromatic hydroxyl groups is 1. The van der Waals surface area contributed by atoms with Gasteiger partial charge in [-0.2, -0.15) is 0 Å². The fourth-order valence-electron chi connectivity index (χ4n) is 1.42. The number of anilines is 1. The average Bonchev–Trinajstić information content (AvgIpc) is 2.37. The lowest BCUT2D eigenvalue weighted by Gasteiger charge is -2.05. The Kier molecular flexibility index (Phi) is 3.52. The van der Waals surface area contributed by atoms with Crippen LogP contribution in [-0.4, -0.2) is 28.2 Å². The van der Waals surface area contributed by atoms with Crippen molar-refractivity contribution in [2.75, 3.05) is 18.4 Å². The Hall–Kier alpha value is -2.14. The van der Waals surface area contributed by atoms with Gasteiger partial charge in [0.1, 0.15) is 5.75 Å². The van der Waals surface area contributed by atoms with E-state index in [9.17, 15) is 5.11 Å². The normalized spacial score (nSPS) is 10.2. The highest BCUT2D eigenvalue weighted by Crippen LogP contribution is 2.20. The lowest BCUT2D eigenvalue weighted by atomic mass is 10.1. The first-order valence-electron chi connectivity index (χ1n) is 5.36. The molecule has 0 saturated carbocycles. The number of nitrogens with one attached hydrogen (secondary N) is 1. The van der Waals surface area contributed by atoms with Crippen LogP contribution in [0.4, 0.5) is 5.95 Å². The first kappa shape index (κ1) is 11.3. The number of hydrogen-bond acceptors (Lipinski definition) is 5. The number of aromatic nitrogens is 2. The Labute approximate surface area is 99.3 Å². The number of phenolic OH excluding ortho intramolecular Hbond substituents is 1. The van der Waals surface area contributed by atoms with Crippen LogP contribution in [0.5, 0.6) is 5.75 Å². The molecule has 1 aromatic heterocycles. The van der Waals surface area contributed by atoms with E-state index in [0.29, 0.717) is 19.0 Å². The zero-order valence-corrected chi connectivity index (χ0v) is 9.30. The van der Waals surface area contributed by atoms with Crippen LogP contribution < -0.4 is 11.1 Å². The van der Waals surface area contributed by atoms with Crippen molar-refractivity contribution in [3.63, 3.8) is 0 Å². The minimum Gasteiger partial charge on any atom is -0.508 e. The van der Waals surface area contributed by atoms with Crippen molar-refractivity contribution in [3.05, 3.63) is 36.5 Å². The molecule has 0 atom stereocenters. The summed E-state index contributed by atoms with van der Waals surface area (Å²) < 4.78 is 0. The Morgan fingerprint density at radius 3 is 2.65 bits per heavy atom. The number of hydrogen-bond donors (Lipinski definition) is 3. The van der Waals surface area contributed by atoms with Crippen LogP contribution in [0, 0.1) is 0 Å². The molecule has 0 amide bonds. The molecule has 0 unspecified atom stereocenters. The maximum Gasteiger partial charge on any atom is 0.223 e. The standard InChI is InChI=1S/C12H14N4O/c13-6-8-15-12-14-7-5-11(16-12)9-1-3-10(17)4-2-9/h1-5,7,17H,6,8,13H2,(H,14,15,16). The zero-order chi connectivity index (χ0) is 12.1. The van der Waals surface area contributed by atoms with E-state index in [4.69, 9.17) is 5.73 Å². The van der Waals surface area contributed by atoms with Crippen LogP contribution in [0.15, 0.2) is 36.5 Å². The summed E-state index contributed by atoms with van der Waals surface area (Å²) >= 11 is 0. The van der Waals surface area contributed by atoms with Gasteiger partial charge in [-0.1, -0.05) is 0 Å². The van der Waals surface area contributed by atoms with E-state index in [1.165, 1.54) is 0 Å². The van der Waals surface area contributed by atoms with E-state index in [1.54, 1.807) is 18.3 Å². The summed E-state index contributed by atoms with van der Waals surface area (Å²) in [5.41, 5.74) is 7.13. The van der Waals surface area contributed by atoms with Crippen molar-refractivity contribution in [3.8, 4) is 17.0 Å². The molecule has 88 valence electrons. The van der Waals surface area contributed by atoms with Crippen LogP contribution in [0.3, 0.4) is 0 Å². The largest absolute Gasteiger partial charge is 0.508 e. The van der Waals surface area contributed by atoms with E-state index in [1.807, 2.05) is 18.2 Å². The van der Waals surface area contributed by atoms with Gasteiger partial charge in [0.2, 0.25) is 5.95 Å². The summed E-state index contributed by atoms with van der Waals surface area (Å²) in [6, 6.07) is 8.70. The second kappa shape index (κ2) is 5.27. The van der Waals surface area contributed by atoms with Crippen LogP contribution in [0.25, 0.3) is 11.3 Å². The third-order valence-corrected chi connectivity index (χ3v) is 2.25. The fourth-order valence-corrected chi connectivity index (χ4v) is 1.42. The molecule has 4 N–H and O–H groups in total. The molecule has 0 saturated heterocycles. The van der Waals surface area contributed by atoms with Crippen LogP contribution in [0.2, 0.25) is 0 Å². The highest BCUT2D eigenvalue weighted by molar-refractivity contribution is 5.60. The van der Waals surface area contributed by atoms with Crippen LogP contribution in [-0.2, 0) is 0 Å². The van der Waals surface area contributed by atoms with Crippen molar-refractivity contribution in [2.24, 2.45) is 5.73 Å². The van der Waals surface area contributed by atoms with E-state index >= 15 is 0 Å². The SMILES string of the molecule is NCCNc1nccc(-c2ccc(O)cc2)n1. The molecule has 0 aliphatic heterocycles. The minimum atomic E-state index is 0.240. The molecule has 0 aliphatic rings. The molecular formula is C12H14N4O. The molecular weight excluding hydrogens is 216 g/mol. The second-order valence-corrected chi connectivity index (χ2v) is 3.53. The lowest BCUT2D eigenvalue weighted by molar-refractivity contribution is 0.475. The number of phenols is 1. The first-order valence-corrected chi connectivity index (χ1v) is 5.36. The molecule has 17 heavy (non-hydrogen) atoms. The highest BCUT2D eigenvalue weighted by Gasteiger charge is 2.01. The molecule has 0 bridgehead atoms. The Bertz CT molecular complexity index is 484. The van der Waals surface area contributed by atoms with E-state index < -0.39 is 0 Å². The monoisotopic (exact) mass is 230 g/mol. The van der Waals surface area contributed by atoms with Gasteiger partial charge in [-0.3, -0.25) is 0 Å². The topological polar surface area (TPSA) is 84.1 Å². The summed E-state index contributed by atoms with van der Waals surface area (Å²) in [6.45, 7) is 1.17. The van der Waals surface area contributed by atoms with Gasteiger partial charge in [0.25, 0.3) is 0 Å². The quantitative estimate of drug-likeness (QED) is 0.735. The van der Waals surface area contributed by atoms with Crippen LogP contribution >= 0.6 is 0 Å². The van der Waals surface area contributed by atoms with Gasteiger partial charge in [0.05, 0.1) is 5.69 Å². The molecule has 2 rings (SSSR count). The van der Waals surface area contributed by atoms with Crippen molar-refractivity contribution in [2.45, 2.75) is 0 Å². The van der Waals surface area contributed by atoms with Gasteiger partial charge in [-0.05, 0) is 30.3 Å². The second-order valence-electron chi connectivity index (χ2n) is 3.53. The van der Waals surface area contributed by atoms with Crippen molar-refractivity contribution in [1.29, 1.82) is 0 Å². The molecule has 0 aliphatic carbocycles. The average molecular weight is 230 g/mol. The Balaban J connectivity index is 2.23. The first-order chi connectivity index (χ1) is 8.29. The molecule has 0 spiro atoms. The highest BCUT2D eigenvalue weighted by atomic mass is 16.3. The maximum absolute atomic E-state index is 9.22. The predicted molar refractivity (Wildman–Crippen MR) is 66.7 cm³/mol. The van der Waals surface area contributed by atoms with Gasteiger partial charge < -0.3 is 16.2 Å². The summed E-state index contributed by atoms with van der Waals surface area (Å²) in [7, 11) is 0. The molecule has 5 heteroatoms. The summed E-state index contributed by atoms with van der Waals surface area (Å²) in [5.74, 6) is 0.797. The number of rotatable bonds is 4. The zero-order valence-electron chi connectivity index (χ0n) is 9.30. The summed E-state index contributed by atoms with van der Waals surface area (Å²) in [4.78, 5) is 8.44. The van der Waals surface area contributed by atoms with Crippen molar-refractivity contribution < 1.29 is 5.11 Å². The lowest BCUT2D eigenvalue weighted by Crippen LogP contribution is -2.14. The number of nitrogens with zero attached hydrogens (tertiary/aromatic N) is 2. The predicted octanol–water partition coefficient (Wildman–Crippen LogP) is 1.22. The fraction of sp³-hybridized carbons (Fsp3) is 0.167. The van der Waals surface area contributed by atoms with Crippen molar-refractivity contribution >= 4 is 5.95 Å². The van der Waals surface area contributed by atoms with Gasteiger partial charge in [-0.25, -0.2) is 9.97 Å². The molecule has 5 nitrogen and oxygen atoms in total. The van der Waals surface area contributed by atoms with E-state index in [2.05, 4.69) is 15.3 Å². The third kappa shape index (κ3) is 2.92. The molecule has 2 aromatic rings. The third-order valence-electron chi connectivity index (χ3n) is 2.25. The summed E-state index contributed by atoms with van der Waals surface area (Å²) in [5, 5.41) is 12.2. The Morgan fingerprint density at radius 2 is 1.94 bits per heavy atom. The van der Waals surface area contributed by atoms with Gasteiger partial charge in [-0.15, -0.1) is 0 Å². The molecule has 1 aromatic carbocycles. The molecule has 1 heterocycles. The number of nitrogens with two attached hydrogens (primary N) is 1. The maximum atomic E-state index is 9.22. The molecule has 0 radical (unpaired) electrons.